The van der Waals surface area contributed by atoms with Gasteiger partial charge in [-0.05, 0) is 0 Å². The molecule has 0 fully saturated rings. The standard InChI is InChI=1S/C10H17NO5/c1-3-9(12)15-6-4-5-14-7-8-16-10(13)11-2/h3H,1,4-8H2,2H3,(H,11,13). The highest BCUT2D eigenvalue weighted by molar-refractivity contribution is 5.81. The molecule has 16 heavy (non-hydrogen) atoms. The van der Waals surface area contributed by atoms with E-state index in [1.807, 2.05) is 0 Å². The first kappa shape index (κ1) is 14.4. The number of rotatable bonds is 8. The van der Waals surface area contributed by atoms with Gasteiger partial charge in [-0.2, -0.15) is 0 Å². The zero-order chi connectivity index (χ0) is 12.2. The molecule has 92 valence electrons. The summed E-state index contributed by atoms with van der Waals surface area (Å²) in [5.41, 5.74) is 0. The van der Waals surface area contributed by atoms with Crippen LogP contribution < -0.4 is 5.32 Å². The molecule has 0 aliphatic rings. The molecule has 0 spiro atoms. The number of ether oxygens (including phenoxy) is 3. The SMILES string of the molecule is C=CC(=O)OCCCOCCOC(=O)NC. The number of hydrogen-bond acceptors (Lipinski definition) is 5. The van der Waals surface area contributed by atoms with Crippen LogP contribution >= 0.6 is 0 Å². The van der Waals surface area contributed by atoms with E-state index in [2.05, 4.69) is 16.6 Å². The fourth-order valence-electron chi connectivity index (χ4n) is 0.760. The van der Waals surface area contributed by atoms with Crippen molar-refractivity contribution in [2.24, 2.45) is 0 Å². The first-order valence-electron chi connectivity index (χ1n) is 4.92. The van der Waals surface area contributed by atoms with E-state index >= 15 is 0 Å². The Balaban J connectivity index is 3.13. The Morgan fingerprint density at radius 2 is 1.94 bits per heavy atom. The van der Waals surface area contributed by atoms with E-state index in [-0.39, 0.29) is 6.61 Å². The predicted molar refractivity (Wildman–Crippen MR) is 57.0 cm³/mol. The van der Waals surface area contributed by atoms with Crippen LogP contribution in [0.15, 0.2) is 12.7 Å². The Bertz CT molecular complexity index is 229. The summed E-state index contributed by atoms with van der Waals surface area (Å²) in [6, 6.07) is 0. The van der Waals surface area contributed by atoms with E-state index in [1.165, 1.54) is 7.05 Å². The van der Waals surface area contributed by atoms with Gasteiger partial charge in [-0.15, -0.1) is 0 Å². The van der Waals surface area contributed by atoms with Gasteiger partial charge >= 0.3 is 12.1 Å². The van der Waals surface area contributed by atoms with E-state index < -0.39 is 12.1 Å². The van der Waals surface area contributed by atoms with Crippen LogP contribution in [0.4, 0.5) is 4.79 Å². The van der Waals surface area contributed by atoms with E-state index in [0.717, 1.165) is 6.08 Å². The van der Waals surface area contributed by atoms with Gasteiger partial charge in [0.05, 0.1) is 13.2 Å². The Kier molecular flexibility index (Phi) is 9.00. The minimum absolute atomic E-state index is 0.201. The van der Waals surface area contributed by atoms with E-state index in [9.17, 15) is 9.59 Å². The van der Waals surface area contributed by atoms with Crippen molar-refractivity contribution >= 4 is 12.1 Å². The molecule has 1 N–H and O–H groups in total. The second kappa shape index (κ2) is 9.97. The Morgan fingerprint density at radius 3 is 2.56 bits per heavy atom. The van der Waals surface area contributed by atoms with Crippen molar-refractivity contribution < 1.29 is 23.8 Å². The highest BCUT2D eigenvalue weighted by Crippen LogP contribution is 1.87. The Hall–Kier alpha value is -1.56. The third-order valence-electron chi connectivity index (χ3n) is 1.51. The topological polar surface area (TPSA) is 73.9 Å². The zero-order valence-corrected chi connectivity index (χ0v) is 9.36. The van der Waals surface area contributed by atoms with Crippen molar-refractivity contribution in [1.82, 2.24) is 5.32 Å². The molecule has 0 aliphatic heterocycles. The van der Waals surface area contributed by atoms with E-state index in [4.69, 9.17) is 9.47 Å². The van der Waals surface area contributed by atoms with Gasteiger partial charge in [0.15, 0.2) is 0 Å². The average molecular weight is 231 g/mol. The molecule has 0 aliphatic carbocycles. The number of esters is 1. The lowest BCUT2D eigenvalue weighted by Gasteiger charge is -2.05. The minimum Gasteiger partial charge on any atom is -0.462 e. The first-order valence-corrected chi connectivity index (χ1v) is 4.92. The van der Waals surface area contributed by atoms with Gasteiger partial charge in [0.2, 0.25) is 0 Å². The number of carbonyl (C=O) groups excluding carboxylic acids is 2. The molecular weight excluding hydrogens is 214 g/mol. The third-order valence-corrected chi connectivity index (χ3v) is 1.51. The molecular formula is C10H17NO5. The van der Waals surface area contributed by atoms with E-state index in [0.29, 0.717) is 26.2 Å². The summed E-state index contributed by atoms with van der Waals surface area (Å²) in [6.07, 6.45) is 1.22. The van der Waals surface area contributed by atoms with Crippen LogP contribution in [0.1, 0.15) is 6.42 Å². The summed E-state index contributed by atoms with van der Waals surface area (Å²) in [6.45, 7) is 4.53. The van der Waals surface area contributed by atoms with Crippen LogP contribution in [0.25, 0.3) is 0 Å². The molecule has 0 aromatic carbocycles. The van der Waals surface area contributed by atoms with Crippen LogP contribution in [-0.4, -0.2) is 45.5 Å². The maximum atomic E-state index is 10.6. The second-order valence-electron chi connectivity index (χ2n) is 2.72. The molecule has 0 radical (unpaired) electrons. The third kappa shape index (κ3) is 9.01. The van der Waals surface area contributed by atoms with Gasteiger partial charge in [0.25, 0.3) is 0 Å². The van der Waals surface area contributed by atoms with Crippen LogP contribution in [0.3, 0.4) is 0 Å². The minimum atomic E-state index is -0.483. The zero-order valence-electron chi connectivity index (χ0n) is 9.36. The lowest BCUT2D eigenvalue weighted by Crippen LogP contribution is -2.21. The van der Waals surface area contributed by atoms with Crippen molar-refractivity contribution in [2.45, 2.75) is 6.42 Å². The number of nitrogens with one attached hydrogen (secondary N) is 1. The summed E-state index contributed by atoms with van der Waals surface area (Å²) >= 11 is 0. The van der Waals surface area contributed by atoms with Crippen LogP contribution in [-0.2, 0) is 19.0 Å². The summed E-state index contributed by atoms with van der Waals surface area (Å²) in [5.74, 6) is -0.442. The average Bonchev–Trinajstić information content (AvgIpc) is 2.31. The molecule has 0 atom stereocenters. The molecule has 1 amide bonds. The highest BCUT2D eigenvalue weighted by Gasteiger charge is 1.97. The van der Waals surface area contributed by atoms with Crippen molar-refractivity contribution in [1.29, 1.82) is 0 Å². The molecule has 0 unspecified atom stereocenters. The fraction of sp³-hybridized carbons (Fsp3) is 0.600. The number of carbonyl (C=O) groups is 2. The highest BCUT2D eigenvalue weighted by atomic mass is 16.6. The smallest absolute Gasteiger partial charge is 0.406 e. The molecule has 0 bridgehead atoms. The summed E-state index contributed by atoms with van der Waals surface area (Å²) in [4.78, 5) is 21.2. The van der Waals surface area contributed by atoms with E-state index in [1.54, 1.807) is 0 Å². The van der Waals surface area contributed by atoms with Crippen LogP contribution in [0.2, 0.25) is 0 Å². The molecule has 0 aromatic rings. The maximum Gasteiger partial charge on any atom is 0.406 e. The summed E-state index contributed by atoms with van der Waals surface area (Å²) in [7, 11) is 1.48. The van der Waals surface area contributed by atoms with Crippen LogP contribution in [0, 0.1) is 0 Å². The van der Waals surface area contributed by atoms with Gasteiger partial charge in [0.1, 0.15) is 6.61 Å². The molecule has 0 rings (SSSR count). The lowest BCUT2D eigenvalue weighted by atomic mass is 10.5. The molecule has 0 saturated heterocycles. The van der Waals surface area contributed by atoms with Crippen molar-refractivity contribution in [3.05, 3.63) is 12.7 Å². The van der Waals surface area contributed by atoms with Gasteiger partial charge < -0.3 is 19.5 Å². The molecule has 0 heterocycles. The Labute approximate surface area is 94.5 Å². The van der Waals surface area contributed by atoms with Gasteiger partial charge in [-0.1, -0.05) is 6.58 Å². The van der Waals surface area contributed by atoms with Crippen molar-refractivity contribution in [2.75, 3.05) is 33.5 Å². The van der Waals surface area contributed by atoms with Crippen molar-refractivity contribution in [3.63, 3.8) is 0 Å². The molecule has 6 nitrogen and oxygen atoms in total. The van der Waals surface area contributed by atoms with Gasteiger partial charge in [0, 0.05) is 26.2 Å². The Morgan fingerprint density at radius 1 is 1.19 bits per heavy atom. The number of alkyl carbamates (subject to hydrolysis) is 1. The number of amides is 1. The van der Waals surface area contributed by atoms with Crippen LogP contribution in [0.5, 0.6) is 0 Å². The molecule has 6 heteroatoms. The summed E-state index contributed by atoms with van der Waals surface area (Å²) in [5, 5.41) is 2.31. The fourth-order valence-corrected chi connectivity index (χ4v) is 0.760. The van der Waals surface area contributed by atoms with Gasteiger partial charge in [-0.3, -0.25) is 0 Å². The second-order valence-corrected chi connectivity index (χ2v) is 2.72. The summed E-state index contributed by atoms with van der Waals surface area (Å²) < 4.78 is 14.5. The number of hydrogen-bond donors (Lipinski definition) is 1. The quantitative estimate of drug-likeness (QED) is 0.373. The maximum absolute atomic E-state index is 10.6. The largest absolute Gasteiger partial charge is 0.462 e. The monoisotopic (exact) mass is 231 g/mol. The van der Waals surface area contributed by atoms with Crippen molar-refractivity contribution in [3.8, 4) is 0 Å². The molecule has 0 saturated carbocycles. The van der Waals surface area contributed by atoms with Gasteiger partial charge in [-0.25, -0.2) is 9.59 Å². The normalized spacial score (nSPS) is 9.31. The molecule has 0 aromatic heterocycles. The first-order chi connectivity index (χ1) is 7.70. The predicted octanol–water partition coefficient (Wildman–Crippen LogP) is 0.478. The lowest BCUT2D eigenvalue weighted by molar-refractivity contribution is -0.138.